The van der Waals surface area contributed by atoms with Gasteiger partial charge in [-0.25, -0.2) is 0 Å². The van der Waals surface area contributed by atoms with Crippen LogP contribution in [0.15, 0.2) is 109 Å². The van der Waals surface area contributed by atoms with E-state index in [1.165, 1.54) is 105 Å². The van der Waals surface area contributed by atoms with Crippen molar-refractivity contribution in [1.82, 2.24) is 0 Å². The number of halogens is 2. The number of hydrogen-bond acceptors (Lipinski definition) is 0. The predicted octanol–water partition coefficient (Wildman–Crippen LogP) is 15.7. The Labute approximate surface area is 338 Å². The van der Waals surface area contributed by atoms with Crippen molar-refractivity contribution in [3.8, 4) is 22.3 Å². The quantitative estimate of drug-likeness (QED) is 0.0852. The number of unbranched alkanes of at least 4 members (excludes halogenated alkanes) is 2. The number of benzene rings is 4. The Hall–Kier alpha value is -2.22. The zero-order valence-electron chi connectivity index (χ0n) is 33.0. The topological polar surface area (TPSA) is 0 Å². The summed E-state index contributed by atoms with van der Waals surface area (Å²) in [4.78, 5) is 0. The minimum absolute atomic E-state index is 0.701. The summed E-state index contributed by atoms with van der Waals surface area (Å²) in [5.74, 6) is 1.40. The van der Waals surface area contributed by atoms with E-state index in [1.807, 2.05) is 0 Å². The number of aryl methyl sites for hydroxylation is 2. The van der Waals surface area contributed by atoms with Gasteiger partial charge in [-0.1, -0.05) is 139 Å². The van der Waals surface area contributed by atoms with Gasteiger partial charge in [0.25, 0.3) is 0 Å². The molecule has 4 heteroatoms. The van der Waals surface area contributed by atoms with Crippen molar-refractivity contribution in [1.29, 1.82) is 0 Å². The summed E-state index contributed by atoms with van der Waals surface area (Å²) in [5.41, 5.74) is 11.5. The van der Waals surface area contributed by atoms with E-state index >= 15 is 0 Å². The van der Waals surface area contributed by atoms with Crippen LogP contribution in [-0.2, 0) is 46.5 Å². The first-order valence-corrected chi connectivity index (χ1v) is 27.6. The van der Waals surface area contributed by atoms with E-state index in [-0.39, 0.29) is 0 Å². The van der Waals surface area contributed by atoms with Crippen LogP contribution in [-0.4, -0.2) is 9.52 Å². The Morgan fingerprint density at radius 2 is 0.904 bits per heavy atom. The van der Waals surface area contributed by atoms with Crippen molar-refractivity contribution in [3.05, 3.63) is 131 Å². The fourth-order valence-electron chi connectivity index (χ4n) is 6.98. The molecular weight excluding hydrogens is 767 g/mol. The summed E-state index contributed by atoms with van der Waals surface area (Å²) in [7, 11) is 11.0. The average Bonchev–Trinajstić information content (AvgIpc) is 3.73. The van der Waals surface area contributed by atoms with Crippen LogP contribution in [0.1, 0.15) is 89.5 Å². The van der Waals surface area contributed by atoms with Crippen molar-refractivity contribution in [3.63, 3.8) is 0 Å². The summed E-state index contributed by atoms with van der Waals surface area (Å²) in [6.45, 7) is 18.0. The second kappa shape index (κ2) is 24.2. The van der Waals surface area contributed by atoms with E-state index in [2.05, 4.69) is 164 Å². The van der Waals surface area contributed by atoms with Gasteiger partial charge in [0.1, 0.15) is 0 Å². The molecule has 2 radical (unpaired) electrons. The van der Waals surface area contributed by atoms with E-state index in [9.17, 15) is 0 Å². The van der Waals surface area contributed by atoms with Gasteiger partial charge in [-0.15, -0.1) is 69.1 Å². The molecule has 274 valence electrons. The summed E-state index contributed by atoms with van der Waals surface area (Å²) in [5, 5.41) is 5.58. The predicted molar refractivity (Wildman–Crippen MR) is 233 cm³/mol. The Balaban J connectivity index is 0.000000244. The van der Waals surface area contributed by atoms with Crippen LogP contribution in [0.25, 0.3) is 43.8 Å². The molecule has 0 saturated carbocycles. The molecule has 0 aliphatic carbocycles. The molecule has 0 aliphatic rings. The number of hydrogen-bond donors (Lipinski definition) is 0. The van der Waals surface area contributed by atoms with Crippen LogP contribution in [0.4, 0.5) is 0 Å². The maximum atomic E-state index is 4.93. The molecule has 0 unspecified atom stereocenters. The molecule has 0 fully saturated rings. The number of fused-ring (bicyclic) bond motifs is 2. The summed E-state index contributed by atoms with van der Waals surface area (Å²) in [6.07, 6.45) is 9.66. The molecule has 0 aliphatic heterocycles. The van der Waals surface area contributed by atoms with E-state index in [4.69, 9.17) is 17.0 Å². The van der Waals surface area contributed by atoms with Gasteiger partial charge in [-0.05, 0) is 72.6 Å². The molecule has 0 aromatic heterocycles. The van der Waals surface area contributed by atoms with Gasteiger partial charge in [-0.2, -0.15) is 12.1 Å². The molecule has 6 rings (SSSR count). The molecule has 0 atom stereocenters. The summed E-state index contributed by atoms with van der Waals surface area (Å²) >= 11 is -0.826. The van der Waals surface area contributed by atoms with Gasteiger partial charge in [0.2, 0.25) is 0 Å². The minimum atomic E-state index is -0.826. The van der Waals surface area contributed by atoms with Gasteiger partial charge in [0, 0.05) is 9.52 Å². The zero-order chi connectivity index (χ0) is 37.9. The Morgan fingerprint density at radius 3 is 1.25 bits per heavy atom. The van der Waals surface area contributed by atoms with E-state index in [0.717, 1.165) is 22.4 Å². The van der Waals surface area contributed by atoms with Crippen molar-refractivity contribution in [2.75, 3.05) is 0 Å². The molecule has 0 nitrogen and oxygen atoms in total. The van der Waals surface area contributed by atoms with Crippen molar-refractivity contribution < 1.29 is 20.8 Å². The Kier molecular flexibility index (Phi) is 20.6. The first-order valence-electron chi connectivity index (χ1n) is 19.3. The standard InChI is InChI=1S/2C23H27.C2H6Si.2ClH.Zr/c2*1-4-5-9-19-10-6-7-12-21(19)22-13-8-11-20-15-18(14-17(2)3)16-23(20)22;1-3-2;;;/h2*6-8,10-13,15-17H,4-5,9,14H2,1-3H3;1-2H3;2*1H;/q2*-1;;;;+4/p-2. The second-order valence-corrected chi connectivity index (χ2v) is 19.4. The third kappa shape index (κ3) is 13.6. The van der Waals surface area contributed by atoms with E-state index < -0.39 is 20.8 Å². The zero-order valence-corrected chi connectivity index (χ0v) is 37.9. The van der Waals surface area contributed by atoms with Gasteiger partial charge < -0.3 is 0 Å². The molecular formula is C48H60Cl2SiZr. The molecule has 0 spiro atoms. The molecule has 0 amide bonds. The average molecular weight is 827 g/mol. The fourth-order valence-corrected chi connectivity index (χ4v) is 6.98. The molecule has 0 saturated heterocycles. The van der Waals surface area contributed by atoms with Gasteiger partial charge in [-0.3, -0.25) is 0 Å². The first kappa shape index (κ1) is 44.2. The second-order valence-electron chi connectivity index (χ2n) is 14.6. The third-order valence-corrected chi connectivity index (χ3v) is 9.12. The van der Waals surface area contributed by atoms with E-state index in [1.54, 1.807) is 0 Å². The van der Waals surface area contributed by atoms with Gasteiger partial charge in [0.05, 0.1) is 0 Å². The maximum absolute atomic E-state index is 4.93. The molecule has 6 aromatic carbocycles. The van der Waals surface area contributed by atoms with Crippen molar-refractivity contribution >= 4 is 48.1 Å². The Morgan fingerprint density at radius 1 is 0.558 bits per heavy atom. The van der Waals surface area contributed by atoms with Crippen molar-refractivity contribution in [2.24, 2.45) is 11.8 Å². The van der Waals surface area contributed by atoms with E-state index in [0.29, 0.717) is 11.8 Å². The van der Waals surface area contributed by atoms with Gasteiger partial charge in [0.15, 0.2) is 0 Å². The van der Waals surface area contributed by atoms with Crippen LogP contribution in [0.2, 0.25) is 13.1 Å². The summed E-state index contributed by atoms with van der Waals surface area (Å²) in [6, 6.07) is 40.8. The molecule has 0 bridgehead atoms. The fraction of sp³-hybridized carbons (Fsp3) is 0.375. The van der Waals surface area contributed by atoms with Crippen LogP contribution in [0, 0.1) is 11.8 Å². The summed E-state index contributed by atoms with van der Waals surface area (Å²) < 4.78 is 0. The van der Waals surface area contributed by atoms with Crippen LogP contribution in [0.5, 0.6) is 0 Å². The Bertz CT molecular complexity index is 1740. The van der Waals surface area contributed by atoms with Crippen LogP contribution < -0.4 is 0 Å². The van der Waals surface area contributed by atoms with Crippen LogP contribution in [0.3, 0.4) is 0 Å². The molecule has 0 heterocycles. The van der Waals surface area contributed by atoms with Gasteiger partial charge >= 0.3 is 37.9 Å². The number of rotatable bonds is 12. The molecule has 6 aromatic rings. The van der Waals surface area contributed by atoms with Crippen LogP contribution >= 0.6 is 17.0 Å². The third-order valence-electron chi connectivity index (χ3n) is 9.12. The normalized spacial score (nSPS) is 10.7. The van der Waals surface area contributed by atoms with Crippen molar-refractivity contribution in [2.45, 2.75) is 106 Å². The SMILES string of the molecule is CCCCc1ccccc1-c1cccc2[cH-]c(CC(C)C)cc12.CCCCc1ccccc1-c1cccc2[cH-]c(CC(C)C)cc12.C[Si]C.[Cl][Zr+2][Cl]. The monoisotopic (exact) mass is 824 g/mol. The molecule has 52 heavy (non-hydrogen) atoms. The molecule has 0 N–H and O–H groups in total. The first-order chi connectivity index (χ1) is 25.2.